The van der Waals surface area contributed by atoms with E-state index in [1.54, 1.807) is 0 Å². The van der Waals surface area contributed by atoms with Crippen molar-refractivity contribution >= 4 is 18.4 Å². The zero-order valence-corrected chi connectivity index (χ0v) is 10.9. The topological polar surface area (TPSA) is 6.48 Å². The van der Waals surface area contributed by atoms with Crippen molar-refractivity contribution in [2.45, 2.75) is 46.6 Å². The number of fused-ring (bicyclic) bond motifs is 1. The Labute approximate surface area is 99.4 Å². The van der Waals surface area contributed by atoms with Crippen LogP contribution in [0.4, 0.5) is 11.4 Å². The zero-order chi connectivity index (χ0) is 11.9. The molecule has 0 N–H and O–H groups in total. The fourth-order valence-corrected chi connectivity index (χ4v) is 2.86. The maximum absolute atomic E-state index is 2.50. The van der Waals surface area contributed by atoms with E-state index in [9.17, 15) is 0 Å². The van der Waals surface area contributed by atoms with Crippen LogP contribution in [-0.2, 0) is 0 Å². The fraction of sp³-hybridized carbons (Fsp3) is 0.538. The Hall–Kier alpha value is -1.12. The average Bonchev–Trinajstić information content (AvgIpc) is 2.49. The molecule has 0 bridgehead atoms. The summed E-state index contributed by atoms with van der Waals surface area (Å²) in [5.41, 5.74) is 2.75. The molecule has 1 aromatic carbocycles. The highest BCUT2D eigenvalue weighted by atomic mass is 15.3. The van der Waals surface area contributed by atoms with Crippen LogP contribution in [0, 0.1) is 0 Å². The van der Waals surface area contributed by atoms with E-state index in [0.717, 1.165) is 0 Å². The van der Waals surface area contributed by atoms with Crippen molar-refractivity contribution in [2.24, 2.45) is 0 Å². The van der Waals surface area contributed by atoms with Gasteiger partial charge in [0.15, 0.2) is 0 Å². The van der Waals surface area contributed by atoms with E-state index in [4.69, 9.17) is 0 Å². The first-order valence-electron chi connectivity index (χ1n) is 6.19. The molecule has 1 aromatic rings. The van der Waals surface area contributed by atoms with Gasteiger partial charge in [-0.3, -0.25) is 0 Å². The highest BCUT2D eigenvalue weighted by Crippen LogP contribution is 2.39. The Kier molecular flexibility index (Phi) is 2.87. The number of hydrogen-bond donors (Lipinski definition) is 0. The molecule has 1 aliphatic rings. The first-order valence-corrected chi connectivity index (χ1v) is 6.19. The molecule has 1 aliphatic heterocycles. The molecule has 0 atom stereocenters. The van der Waals surface area contributed by atoms with E-state index in [1.807, 2.05) is 0 Å². The molecule has 0 aromatic heterocycles. The first kappa shape index (κ1) is 11.4. The minimum Gasteiger partial charge on any atom is -0.392 e. The van der Waals surface area contributed by atoms with Crippen molar-refractivity contribution in [3.63, 3.8) is 0 Å². The molecule has 2 nitrogen and oxygen atoms in total. The molecule has 16 heavy (non-hydrogen) atoms. The van der Waals surface area contributed by atoms with Crippen molar-refractivity contribution < 1.29 is 0 Å². The van der Waals surface area contributed by atoms with E-state index >= 15 is 0 Å². The predicted octanol–water partition coefficient (Wildman–Crippen LogP) is 3.25. The first-order chi connectivity index (χ1) is 7.54. The lowest BCUT2D eigenvalue weighted by Crippen LogP contribution is -2.51. The van der Waals surface area contributed by atoms with Crippen LogP contribution < -0.4 is 9.62 Å². The van der Waals surface area contributed by atoms with Crippen LogP contribution in [0.3, 0.4) is 0 Å². The second-order valence-corrected chi connectivity index (χ2v) is 5.12. The number of para-hydroxylation sites is 2. The number of nitrogens with zero attached hydrogens (tertiary/aromatic N) is 2. The third-order valence-electron chi connectivity index (χ3n) is 3.36. The molecule has 0 amide bonds. The molecule has 2 rings (SSSR count). The predicted molar refractivity (Wildman–Crippen MR) is 73.3 cm³/mol. The number of rotatable bonds is 2. The van der Waals surface area contributed by atoms with Gasteiger partial charge < -0.3 is 9.62 Å². The summed E-state index contributed by atoms with van der Waals surface area (Å²) in [6.45, 7) is 11.8. The van der Waals surface area contributed by atoms with E-state index < -0.39 is 0 Å². The summed E-state index contributed by atoms with van der Waals surface area (Å²) in [6, 6.07) is 9.80. The lowest BCUT2D eigenvalue weighted by Gasteiger charge is -2.32. The molecule has 0 saturated heterocycles. The van der Waals surface area contributed by atoms with Gasteiger partial charge in [0.25, 0.3) is 0 Å². The van der Waals surface area contributed by atoms with Crippen LogP contribution >= 0.6 is 0 Å². The quantitative estimate of drug-likeness (QED) is 0.700. The molecule has 0 fully saturated rings. The van der Waals surface area contributed by atoms with Gasteiger partial charge in [-0.25, -0.2) is 0 Å². The number of hydrogen-bond acceptors (Lipinski definition) is 2. The highest BCUT2D eigenvalue weighted by molar-refractivity contribution is 6.69. The monoisotopic (exact) mass is 216 g/mol. The molecule has 1 heterocycles. The Balaban J connectivity index is 2.48. The van der Waals surface area contributed by atoms with Crippen molar-refractivity contribution in [3.8, 4) is 0 Å². The second kappa shape index (κ2) is 4.04. The van der Waals surface area contributed by atoms with Crippen LogP contribution in [0.1, 0.15) is 27.7 Å². The largest absolute Gasteiger partial charge is 0.392 e. The smallest absolute Gasteiger partial charge is 0.372 e. The minimum atomic E-state index is 0.456. The van der Waals surface area contributed by atoms with Gasteiger partial charge >= 0.3 is 6.98 Å². The van der Waals surface area contributed by atoms with Crippen LogP contribution in [0.5, 0.6) is 0 Å². The summed E-state index contributed by atoms with van der Waals surface area (Å²) < 4.78 is 0. The highest BCUT2D eigenvalue weighted by Gasteiger charge is 2.38. The van der Waals surface area contributed by atoms with Gasteiger partial charge in [-0.1, -0.05) is 12.1 Å². The molecule has 0 saturated carbocycles. The molecular weight excluding hydrogens is 195 g/mol. The van der Waals surface area contributed by atoms with Gasteiger partial charge in [-0.15, -0.1) is 0 Å². The van der Waals surface area contributed by atoms with Crippen LogP contribution in [-0.4, -0.2) is 19.1 Å². The van der Waals surface area contributed by atoms with Crippen LogP contribution in [0.2, 0.25) is 6.82 Å². The maximum atomic E-state index is 2.50. The Morgan fingerprint density at radius 2 is 1.25 bits per heavy atom. The molecule has 0 aliphatic carbocycles. The SMILES string of the molecule is CB1N(C(C)C)c2ccccc2N1C(C)C. The lowest BCUT2D eigenvalue weighted by atomic mass is 9.74. The number of anilines is 2. The Bertz CT molecular complexity index is 341. The van der Waals surface area contributed by atoms with Crippen LogP contribution in [0.25, 0.3) is 0 Å². The summed E-state index contributed by atoms with van der Waals surface area (Å²) in [5, 5.41) is 0. The zero-order valence-electron chi connectivity index (χ0n) is 10.9. The van der Waals surface area contributed by atoms with Crippen LogP contribution in [0.15, 0.2) is 24.3 Å². The molecule has 86 valence electrons. The van der Waals surface area contributed by atoms with Crippen molar-refractivity contribution in [2.75, 3.05) is 9.62 Å². The molecule has 3 heteroatoms. The summed E-state index contributed by atoms with van der Waals surface area (Å²) >= 11 is 0. The summed E-state index contributed by atoms with van der Waals surface area (Å²) in [4.78, 5) is 4.99. The normalized spacial score (nSPS) is 15.3. The standard InChI is InChI=1S/C13H21BN2/c1-10(2)15-12-8-6-7-9-13(12)16(11(3)4)14(15)5/h6-11H,1-5H3. The van der Waals surface area contributed by atoms with Crippen molar-refractivity contribution in [3.05, 3.63) is 24.3 Å². The fourth-order valence-electron chi connectivity index (χ4n) is 2.86. The third-order valence-corrected chi connectivity index (χ3v) is 3.36. The van der Waals surface area contributed by atoms with Gasteiger partial charge in [-0.05, 0) is 46.7 Å². The Morgan fingerprint density at radius 3 is 1.56 bits per heavy atom. The molecule has 0 unspecified atom stereocenters. The maximum Gasteiger partial charge on any atom is 0.372 e. The number of benzene rings is 1. The molecule has 0 radical (unpaired) electrons. The van der Waals surface area contributed by atoms with Gasteiger partial charge in [0.05, 0.1) is 0 Å². The summed E-state index contributed by atoms with van der Waals surface area (Å²) in [7, 11) is 0. The third kappa shape index (κ3) is 1.59. The average molecular weight is 216 g/mol. The van der Waals surface area contributed by atoms with Crippen molar-refractivity contribution in [1.29, 1.82) is 0 Å². The van der Waals surface area contributed by atoms with Crippen molar-refractivity contribution in [1.82, 2.24) is 0 Å². The molecular formula is C13H21BN2. The van der Waals surface area contributed by atoms with Gasteiger partial charge in [-0.2, -0.15) is 0 Å². The van der Waals surface area contributed by atoms with E-state index in [0.29, 0.717) is 19.1 Å². The van der Waals surface area contributed by atoms with E-state index in [2.05, 4.69) is 68.4 Å². The minimum absolute atomic E-state index is 0.456. The second-order valence-electron chi connectivity index (χ2n) is 5.12. The summed E-state index contributed by atoms with van der Waals surface area (Å²) in [5.74, 6) is 0. The van der Waals surface area contributed by atoms with E-state index in [1.165, 1.54) is 11.4 Å². The van der Waals surface area contributed by atoms with Gasteiger partial charge in [0.2, 0.25) is 0 Å². The van der Waals surface area contributed by atoms with Gasteiger partial charge in [0.1, 0.15) is 0 Å². The van der Waals surface area contributed by atoms with Gasteiger partial charge in [0, 0.05) is 23.5 Å². The summed E-state index contributed by atoms with van der Waals surface area (Å²) in [6.07, 6.45) is 0. The Morgan fingerprint density at radius 1 is 0.875 bits per heavy atom. The molecule has 0 spiro atoms. The van der Waals surface area contributed by atoms with E-state index in [-0.39, 0.29) is 0 Å². The lowest BCUT2D eigenvalue weighted by molar-refractivity contribution is 0.797.